The maximum absolute atomic E-state index is 4.44. The zero-order valence-electron chi connectivity index (χ0n) is 10.7. The van der Waals surface area contributed by atoms with E-state index in [0.717, 1.165) is 24.2 Å². The lowest BCUT2D eigenvalue weighted by atomic mass is 10.1. The van der Waals surface area contributed by atoms with E-state index in [2.05, 4.69) is 47.4 Å². The van der Waals surface area contributed by atoms with Gasteiger partial charge in [0.05, 0.1) is 17.4 Å². The molecule has 0 spiro atoms. The molecular weight excluding hydrogens is 210 g/mol. The summed E-state index contributed by atoms with van der Waals surface area (Å²) in [6.07, 6.45) is 1.89. The lowest BCUT2D eigenvalue weighted by Crippen LogP contribution is -2.13. The zero-order valence-corrected chi connectivity index (χ0v) is 10.7. The second-order valence-electron chi connectivity index (χ2n) is 4.58. The number of rotatable bonds is 4. The Morgan fingerprint density at radius 2 is 2.06 bits per heavy atom. The highest BCUT2D eigenvalue weighted by Gasteiger charge is 2.05. The molecule has 1 heterocycles. The first-order chi connectivity index (χ1) is 8.11. The summed E-state index contributed by atoms with van der Waals surface area (Å²) in [6.45, 7) is 9.96. The number of nitrogens with one attached hydrogen (secondary N) is 1. The molecule has 0 atom stereocenters. The fraction of sp³-hybridized carbons (Fsp3) is 0.357. The van der Waals surface area contributed by atoms with Crippen molar-refractivity contribution in [2.24, 2.45) is 0 Å². The Hall–Kier alpha value is -1.61. The van der Waals surface area contributed by atoms with E-state index in [9.17, 15) is 0 Å². The Morgan fingerprint density at radius 3 is 2.76 bits per heavy atom. The molecule has 0 radical (unpaired) electrons. The second-order valence-corrected chi connectivity index (χ2v) is 4.58. The van der Waals surface area contributed by atoms with Crippen LogP contribution in [0.1, 0.15) is 11.1 Å². The van der Waals surface area contributed by atoms with Crippen molar-refractivity contribution in [3.05, 3.63) is 41.7 Å². The van der Waals surface area contributed by atoms with E-state index in [4.69, 9.17) is 0 Å². The monoisotopic (exact) mass is 229 g/mol. The molecule has 0 bridgehead atoms. The summed E-state index contributed by atoms with van der Waals surface area (Å²) < 4.78 is 2.15. The van der Waals surface area contributed by atoms with Crippen molar-refractivity contribution in [3.8, 4) is 0 Å². The van der Waals surface area contributed by atoms with E-state index in [1.54, 1.807) is 0 Å². The Bertz CT molecular complexity index is 552. The van der Waals surface area contributed by atoms with E-state index in [-0.39, 0.29) is 0 Å². The van der Waals surface area contributed by atoms with Crippen LogP contribution in [0, 0.1) is 13.8 Å². The smallest absolute Gasteiger partial charge is 0.0961 e. The highest BCUT2D eigenvalue weighted by Crippen LogP contribution is 2.18. The topological polar surface area (TPSA) is 29.9 Å². The van der Waals surface area contributed by atoms with Crippen molar-refractivity contribution in [2.45, 2.75) is 20.4 Å². The number of nitrogens with zero attached hydrogens (tertiary/aromatic N) is 2. The van der Waals surface area contributed by atoms with Crippen LogP contribution in [0.15, 0.2) is 30.6 Å². The summed E-state index contributed by atoms with van der Waals surface area (Å²) in [7, 11) is 1.94. The number of likely N-dealkylation sites (N-methyl/N-ethyl adjacent to an activating group) is 1. The Balaban J connectivity index is 2.36. The number of benzene rings is 1. The second kappa shape index (κ2) is 4.72. The van der Waals surface area contributed by atoms with E-state index in [1.165, 1.54) is 16.6 Å². The van der Waals surface area contributed by atoms with Gasteiger partial charge in [-0.05, 0) is 49.7 Å². The van der Waals surface area contributed by atoms with Gasteiger partial charge in [-0.3, -0.25) is 0 Å². The SMILES string of the molecule is C=C(CNC)Cn1cnc2cc(C)c(C)cc21. The standard InChI is InChI=1S/C14H19N3/c1-10(7-15-4)8-17-9-16-13-5-11(2)12(3)6-14(13)17/h5-6,9,15H,1,7-8H2,2-4H3. The summed E-state index contributed by atoms with van der Waals surface area (Å²) in [6, 6.07) is 4.34. The molecule has 3 nitrogen and oxygen atoms in total. The van der Waals surface area contributed by atoms with Crippen molar-refractivity contribution in [2.75, 3.05) is 13.6 Å². The van der Waals surface area contributed by atoms with Gasteiger partial charge in [-0.25, -0.2) is 4.98 Å². The molecule has 1 N–H and O–H groups in total. The largest absolute Gasteiger partial charge is 0.326 e. The van der Waals surface area contributed by atoms with Crippen molar-refractivity contribution in [3.63, 3.8) is 0 Å². The molecule has 2 rings (SSSR count). The van der Waals surface area contributed by atoms with Gasteiger partial charge < -0.3 is 9.88 Å². The maximum atomic E-state index is 4.44. The van der Waals surface area contributed by atoms with Crippen LogP contribution < -0.4 is 5.32 Å². The van der Waals surface area contributed by atoms with Crippen LogP contribution in [0.4, 0.5) is 0 Å². The van der Waals surface area contributed by atoms with Crippen LogP contribution in [0.5, 0.6) is 0 Å². The summed E-state index contributed by atoms with van der Waals surface area (Å²) >= 11 is 0. The average Bonchev–Trinajstić information content (AvgIpc) is 2.63. The Kier molecular flexibility index (Phi) is 3.29. The molecule has 0 aliphatic heterocycles. The van der Waals surface area contributed by atoms with Gasteiger partial charge in [-0.2, -0.15) is 0 Å². The van der Waals surface area contributed by atoms with Crippen LogP contribution in [0.25, 0.3) is 11.0 Å². The predicted octanol–water partition coefficient (Wildman–Crippen LogP) is 2.43. The molecule has 1 aromatic heterocycles. The van der Waals surface area contributed by atoms with Gasteiger partial charge in [0.1, 0.15) is 0 Å². The maximum Gasteiger partial charge on any atom is 0.0961 e. The number of aryl methyl sites for hydroxylation is 2. The third kappa shape index (κ3) is 2.39. The van der Waals surface area contributed by atoms with Crippen LogP contribution in [-0.4, -0.2) is 23.1 Å². The molecule has 0 aliphatic carbocycles. The summed E-state index contributed by atoms with van der Waals surface area (Å²) in [5, 5.41) is 3.12. The van der Waals surface area contributed by atoms with Gasteiger partial charge in [0.25, 0.3) is 0 Å². The lowest BCUT2D eigenvalue weighted by molar-refractivity contribution is 0.752. The molecule has 0 unspecified atom stereocenters. The van der Waals surface area contributed by atoms with Gasteiger partial charge >= 0.3 is 0 Å². The van der Waals surface area contributed by atoms with Gasteiger partial charge in [-0.1, -0.05) is 6.58 Å². The third-order valence-electron chi connectivity index (χ3n) is 3.06. The van der Waals surface area contributed by atoms with Gasteiger partial charge in [0, 0.05) is 13.1 Å². The molecule has 3 heteroatoms. The molecule has 0 aliphatic rings. The minimum absolute atomic E-state index is 0.819. The first kappa shape index (κ1) is 11.9. The van der Waals surface area contributed by atoms with Crippen LogP contribution in [0.2, 0.25) is 0 Å². The predicted molar refractivity (Wildman–Crippen MR) is 72.3 cm³/mol. The van der Waals surface area contributed by atoms with Crippen molar-refractivity contribution >= 4 is 11.0 Å². The molecule has 90 valence electrons. The van der Waals surface area contributed by atoms with Crippen molar-refractivity contribution in [1.82, 2.24) is 14.9 Å². The van der Waals surface area contributed by atoms with E-state index in [0.29, 0.717) is 0 Å². The number of aromatic nitrogens is 2. The number of fused-ring (bicyclic) bond motifs is 1. The lowest BCUT2D eigenvalue weighted by Gasteiger charge is -2.08. The van der Waals surface area contributed by atoms with Gasteiger partial charge in [-0.15, -0.1) is 0 Å². The van der Waals surface area contributed by atoms with E-state index in [1.807, 2.05) is 13.4 Å². The van der Waals surface area contributed by atoms with Crippen LogP contribution in [-0.2, 0) is 6.54 Å². The highest BCUT2D eigenvalue weighted by molar-refractivity contribution is 5.77. The van der Waals surface area contributed by atoms with E-state index < -0.39 is 0 Å². The first-order valence-electron chi connectivity index (χ1n) is 5.85. The molecule has 0 saturated heterocycles. The third-order valence-corrected chi connectivity index (χ3v) is 3.06. The number of hydrogen-bond acceptors (Lipinski definition) is 2. The summed E-state index contributed by atoms with van der Waals surface area (Å²) in [5.74, 6) is 0. The normalized spacial score (nSPS) is 11.0. The van der Waals surface area contributed by atoms with Gasteiger partial charge in [0.2, 0.25) is 0 Å². The molecule has 0 amide bonds. The molecule has 0 fully saturated rings. The van der Waals surface area contributed by atoms with Gasteiger partial charge in [0.15, 0.2) is 0 Å². The average molecular weight is 229 g/mol. The van der Waals surface area contributed by atoms with Crippen LogP contribution in [0.3, 0.4) is 0 Å². The Morgan fingerprint density at radius 1 is 1.35 bits per heavy atom. The van der Waals surface area contributed by atoms with Crippen molar-refractivity contribution in [1.29, 1.82) is 0 Å². The minimum atomic E-state index is 0.819. The molecule has 2 aromatic rings. The first-order valence-corrected chi connectivity index (χ1v) is 5.85. The Labute approximate surface area is 102 Å². The van der Waals surface area contributed by atoms with Crippen LogP contribution >= 0.6 is 0 Å². The number of hydrogen-bond donors (Lipinski definition) is 1. The number of imidazole rings is 1. The fourth-order valence-corrected chi connectivity index (χ4v) is 1.99. The fourth-order valence-electron chi connectivity index (χ4n) is 1.99. The molecule has 1 aromatic carbocycles. The summed E-state index contributed by atoms with van der Waals surface area (Å²) in [5.41, 5.74) is 6.00. The highest BCUT2D eigenvalue weighted by atomic mass is 15.0. The molecule has 17 heavy (non-hydrogen) atoms. The quantitative estimate of drug-likeness (QED) is 0.816. The zero-order chi connectivity index (χ0) is 12.4. The molecular formula is C14H19N3. The van der Waals surface area contributed by atoms with E-state index >= 15 is 0 Å². The van der Waals surface area contributed by atoms with Crippen molar-refractivity contribution < 1.29 is 0 Å². The summed E-state index contributed by atoms with van der Waals surface area (Å²) in [4.78, 5) is 4.44. The molecule has 0 saturated carbocycles. The minimum Gasteiger partial charge on any atom is -0.326 e.